The number of aliphatic hydroxyl groups excluding tert-OH is 1. The molecule has 1 aromatic rings. The highest BCUT2D eigenvalue weighted by molar-refractivity contribution is 6.30. The minimum atomic E-state index is -0.684. The van der Waals surface area contributed by atoms with Crippen LogP contribution in [0.15, 0.2) is 12.3 Å². The second kappa shape index (κ2) is 4.41. The highest BCUT2D eigenvalue weighted by Crippen LogP contribution is 2.23. The summed E-state index contributed by atoms with van der Waals surface area (Å²) in [5.41, 5.74) is 11.4. The van der Waals surface area contributed by atoms with Crippen LogP contribution in [-0.2, 0) is 0 Å². The molecule has 0 aliphatic heterocycles. The normalized spacial score (nSPS) is 12.8. The Morgan fingerprint density at radius 1 is 1.62 bits per heavy atom. The maximum absolute atomic E-state index is 9.57. The van der Waals surface area contributed by atoms with Crippen molar-refractivity contribution in [3.05, 3.63) is 22.8 Å². The van der Waals surface area contributed by atoms with Gasteiger partial charge in [0, 0.05) is 11.8 Å². The molecule has 0 aliphatic rings. The molecule has 0 amide bonds. The van der Waals surface area contributed by atoms with Crippen LogP contribution in [0.4, 0.5) is 5.82 Å². The van der Waals surface area contributed by atoms with Crippen LogP contribution in [-0.4, -0.2) is 16.6 Å². The lowest BCUT2D eigenvalue weighted by Crippen LogP contribution is -2.09. The summed E-state index contributed by atoms with van der Waals surface area (Å²) in [6, 6.07) is 1.60. The van der Waals surface area contributed by atoms with Gasteiger partial charge in [-0.1, -0.05) is 11.6 Å². The SMILES string of the molecule is NCCC(O)c1cc(Cl)cnc1N. The predicted molar refractivity (Wildman–Crippen MR) is 52.3 cm³/mol. The van der Waals surface area contributed by atoms with Crippen LogP contribution < -0.4 is 11.5 Å². The topological polar surface area (TPSA) is 85.2 Å². The van der Waals surface area contributed by atoms with Gasteiger partial charge < -0.3 is 16.6 Å². The van der Waals surface area contributed by atoms with Crippen molar-refractivity contribution in [3.63, 3.8) is 0 Å². The number of anilines is 1. The number of nitrogen functional groups attached to an aromatic ring is 1. The Balaban J connectivity index is 2.91. The third-order valence-corrected chi connectivity index (χ3v) is 1.92. The first-order chi connectivity index (χ1) is 6.15. The Morgan fingerprint density at radius 3 is 2.92 bits per heavy atom. The van der Waals surface area contributed by atoms with Crippen LogP contribution in [0.1, 0.15) is 18.1 Å². The average molecular weight is 202 g/mol. The number of nitrogens with zero attached hydrogens (tertiary/aromatic N) is 1. The predicted octanol–water partition coefficient (Wildman–Crippen LogP) is 0.699. The van der Waals surface area contributed by atoms with E-state index in [0.29, 0.717) is 29.4 Å². The number of hydrogen-bond acceptors (Lipinski definition) is 4. The first-order valence-corrected chi connectivity index (χ1v) is 4.32. The van der Waals surface area contributed by atoms with E-state index in [0.717, 1.165) is 0 Å². The van der Waals surface area contributed by atoms with Crippen LogP contribution in [0.2, 0.25) is 5.02 Å². The number of pyridine rings is 1. The standard InChI is InChI=1S/C8H12ClN3O/c9-5-3-6(7(13)1-2-10)8(11)12-4-5/h3-4,7,13H,1-2,10H2,(H2,11,12). The van der Waals surface area contributed by atoms with Gasteiger partial charge in [0.15, 0.2) is 0 Å². The van der Waals surface area contributed by atoms with Crippen molar-refractivity contribution in [1.29, 1.82) is 0 Å². The fraction of sp³-hybridized carbons (Fsp3) is 0.375. The highest BCUT2D eigenvalue weighted by atomic mass is 35.5. The van der Waals surface area contributed by atoms with E-state index in [1.807, 2.05) is 0 Å². The number of nitrogens with two attached hydrogens (primary N) is 2. The molecule has 1 aromatic heterocycles. The second-order valence-corrected chi connectivity index (χ2v) is 3.16. The molecule has 1 rings (SSSR count). The van der Waals surface area contributed by atoms with E-state index in [4.69, 9.17) is 23.1 Å². The molecule has 0 aliphatic carbocycles. The monoisotopic (exact) mass is 201 g/mol. The van der Waals surface area contributed by atoms with Gasteiger partial charge in [0.25, 0.3) is 0 Å². The summed E-state index contributed by atoms with van der Waals surface area (Å²) in [6.45, 7) is 0.396. The van der Waals surface area contributed by atoms with Crippen LogP contribution in [0.3, 0.4) is 0 Å². The summed E-state index contributed by atoms with van der Waals surface area (Å²) < 4.78 is 0. The van der Waals surface area contributed by atoms with E-state index < -0.39 is 6.10 Å². The van der Waals surface area contributed by atoms with E-state index >= 15 is 0 Å². The molecule has 1 atom stereocenters. The van der Waals surface area contributed by atoms with Crippen LogP contribution >= 0.6 is 11.6 Å². The smallest absolute Gasteiger partial charge is 0.129 e. The quantitative estimate of drug-likeness (QED) is 0.672. The lowest BCUT2D eigenvalue weighted by molar-refractivity contribution is 0.171. The Bertz CT molecular complexity index is 293. The third-order valence-electron chi connectivity index (χ3n) is 1.72. The highest BCUT2D eigenvalue weighted by Gasteiger charge is 2.11. The first kappa shape index (κ1) is 10.2. The van der Waals surface area contributed by atoms with Crippen molar-refractivity contribution in [2.24, 2.45) is 5.73 Å². The van der Waals surface area contributed by atoms with Crippen molar-refractivity contribution >= 4 is 17.4 Å². The summed E-state index contributed by atoms with van der Waals surface area (Å²) in [5, 5.41) is 10.0. The molecule has 5 heteroatoms. The Kier molecular flexibility index (Phi) is 3.48. The maximum Gasteiger partial charge on any atom is 0.129 e. The zero-order valence-electron chi connectivity index (χ0n) is 7.07. The number of halogens is 1. The Morgan fingerprint density at radius 2 is 2.31 bits per heavy atom. The van der Waals surface area contributed by atoms with Gasteiger partial charge in [-0.15, -0.1) is 0 Å². The van der Waals surface area contributed by atoms with Crippen molar-refractivity contribution < 1.29 is 5.11 Å². The minimum absolute atomic E-state index is 0.297. The Hall–Kier alpha value is -0.840. The molecule has 0 saturated heterocycles. The molecule has 0 aromatic carbocycles. The zero-order valence-corrected chi connectivity index (χ0v) is 7.83. The lowest BCUT2D eigenvalue weighted by atomic mass is 10.1. The third kappa shape index (κ3) is 2.55. The van der Waals surface area contributed by atoms with E-state index in [-0.39, 0.29) is 0 Å². The van der Waals surface area contributed by atoms with Gasteiger partial charge in [-0.2, -0.15) is 0 Å². The second-order valence-electron chi connectivity index (χ2n) is 2.72. The summed E-state index contributed by atoms with van der Waals surface area (Å²) in [6.07, 6.45) is 1.21. The number of aliphatic hydroxyl groups is 1. The molecule has 0 spiro atoms. The van der Waals surface area contributed by atoms with Crippen LogP contribution in [0, 0.1) is 0 Å². The Labute approximate surface area is 81.5 Å². The number of hydrogen-bond donors (Lipinski definition) is 3. The van der Waals surface area contributed by atoms with Crippen molar-refractivity contribution in [3.8, 4) is 0 Å². The number of rotatable bonds is 3. The lowest BCUT2D eigenvalue weighted by Gasteiger charge is -2.11. The average Bonchev–Trinajstić information content (AvgIpc) is 2.09. The van der Waals surface area contributed by atoms with Gasteiger partial charge in [-0.3, -0.25) is 0 Å². The molecular weight excluding hydrogens is 190 g/mol. The van der Waals surface area contributed by atoms with Gasteiger partial charge in [0.05, 0.1) is 11.1 Å². The number of aromatic nitrogens is 1. The van der Waals surface area contributed by atoms with Crippen molar-refractivity contribution in [1.82, 2.24) is 4.98 Å². The molecule has 72 valence electrons. The fourth-order valence-electron chi connectivity index (χ4n) is 1.05. The summed E-state index contributed by atoms with van der Waals surface area (Å²) in [7, 11) is 0. The van der Waals surface area contributed by atoms with E-state index in [1.54, 1.807) is 6.07 Å². The molecular formula is C8H12ClN3O. The van der Waals surface area contributed by atoms with Gasteiger partial charge >= 0.3 is 0 Å². The molecule has 0 bridgehead atoms. The van der Waals surface area contributed by atoms with Crippen molar-refractivity contribution in [2.45, 2.75) is 12.5 Å². The summed E-state index contributed by atoms with van der Waals surface area (Å²) in [4.78, 5) is 3.83. The van der Waals surface area contributed by atoms with E-state index in [2.05, 4.69) is 4.98 Å². The molecule has 0 radical (unpaired) electrons. The van der Waals surface area contributed by atoms with Gasteiger partial charge in [0.2, 0.25) is 0 Å². The van der Waals surface area contributed by atoms with Crippen LogP contribution in [0.25, 0.3) is 0 Å². The molecule has 5 N–H and O–H groups in total. The van der Waals surface area contributed by atoms with Gasteiger partial charge in [-0.25, -0.2) is 4.98 Å². The fourth-order valence-corrected chi connectivity index (χ4v) is 1.21. The van der Waals surface area contributed by atoms with Gasteiger partial charge in [-0.05, 0) is 19.0 Å². The van der Waals surface area contributed by atoms with Crippen molar-refractivity contribution in [2.75, 3.05) is 12.3 Å². The first-order valence-electron chi connectivity index (χ1n) is 3.94. The van der Waals surface area contributed by atoms with Crippen LogP contribution in [0.5, 0.6) is 0 Å². The van der Waals surface area contributed by atoms with Gasteiger partial charge in [0.1, 0.15) is 5.82 Å². The molecule has 13 heavy (non-hydrogen) atoms. The molecule has 0 fully saturated rings. The van der Waals surface area contributed by atoms with E-state index in [9.17, 15) is 5.11 Å². The summed E-state index contributed by atoms with van der Waals surface area (Å²) in [5.74, 6) is 0.297. The van der Waals surface area contributed by atoms with E-state index in [1.165, 1.54) is 6.20 Å². The zero-order chi connectivity index (χ0) is 9.84. The molecule has 0 saturated carbocycles. The minimum Gasteiger partial charge on any atom is -0.388 e. The largest absolute Gasteiger partial charge is 0.388 e. The molecule has 1 heterocycles. The summed E-state index contributed by atoms with van der Waals surface area (Å²) >= 11 is 5.70. The molecule has 1 unspecified atom stereocenters. The molecule has 4 nitrogen and oxygen atoms in total. The maximum atomic E-state index is 9.57.